The number of amides is 1. The molecule has 4 rings (SSSR count). The first-order valence-electron chi connectivity index (χ1n) is 13.3. The highest BCUT2D eigenvalue weighted by Crippen LogP contribution is 2.36. The Hall–Kier alpha value is -3.24. The summed E-state index contributed by atoms with van der Waals surface area (Å²) < 4.78 is 16.4. The lowest BCUT2D eigenvalue weighted by Gasteiger charge is -2.31. The maximum absolute atomic E-state index is 13.1. The van der Waals surface area contributed by atoms with E-state index in [9.17, 15) is 9.59 Å². The molecular formula is C29H37N3O6S. The van der Waals surface area contributed by atoms with Crippen molar-refractivity contribution in [1.29, 1.82) is 0 Å². The molecule has 1 amide bonds. The predicted molar refractivity (Wildman–Crippen MR) is 154 cm³/mol. The van der Waals surface area contributed by atoms with Crippen molar-refractivity contribution in [3.63, 3.8) is 0 Å². The van der Waals surface area contributed by atoms with Gasteiger partial charge in [-0.2, -0.15) is 0 Å². The Morgan fingerprint density at radius 1 is 1.18 bits per heavy atom. The number of carbonyl (C=O) groups is 2. The Bertz CT molecular complexity index is 1160. The zero-order chi connectivity index (χ0) is 27.8. The number of aliphatic imine (C=N–C) groups is 1. The molecule has 2 heterocycles. The second-order valence-corrected chi connectivity index (χ2v) is 12.1. The second kappa shape index (κ2) is 13.2. The van der Waals surface area contributed by atoms with E-state index in [1.54, 1.807) is 23.1 Å². The number of amidine groups is 1. The standard InChI is InChI=1S/C29H37N3O6S/c1-21-10-12-22(13-11-21)32(23-7-6-8-24(19-23)38-28(34)35)20-25-30-15-16-31(25)27(33)37-18-14-29(2,3)39-26-9-4-5-17-36-26/h6-8,10-13,19,26H,4-5,9,14-18,20H2,1-3H3,(H,34,35). The molecule has 0 radical (unpaired) electrons. The van der Waals surface area contributed by atoms with Crippen LogP contribution in [-0.4, -0.2) is 71.1 Å². The molecule has 0 bridgehead atoms. The number of nitrogens with zero attached hydrogens (tertiary/aromatic N) is 3. The first kappa shape index (κ1) is 28.8. The number of hydrogen-bond donors (Lipinski definition) is 1. The predicted octanol–water partition coefficient (Wildman–Crippen LogP) is 6.47. The van der Waals surface area contributed by atoms with E-state index in [1.165, 1.54) is 6.42 Å². The van der Waals surface area contributed by atoms with Gasteiger partial charge in [0.2, 0.25) is 0 Å². The SMILES string of the molecule is Cc1ccc(N(CC2=NCCN2C(=O)OCCC(C)(C)SC2CCCCO2)c2cccc(OC(=O)O)c2)cc1. The average molecular weight is 556 g/mol. The van der Waals surface area contributed by atoms with Crippen molar-refractivity contribution in [2.45, 2.75) is 56.6 Å². The molecule has 0 spiro atoms. The third-order valence-electron chi connectivity index (χ3n) is 6.65. The van der Waals surface area contributed by atoms with Crippen LogP contribution in [0.25, 0.3) is 0 Å². The number of thioether (sulfide) groups is 1. The van der Waals surface area contributed by atoms with Crippen molar-refractivity contribution < 1.29 is 28.9 Å². The zero-order valence-electron chi connectivity index (χ0n) is 22.8. The van der Waals surface area contributed by atoms with E-state index in [-0.39, 0.29) is 15.9 Å². The highest BCUT2D eigenvalue weighted by Gasteiger charge is 2.30. The fourth-order valence-electron chi connectivity index (χ4n) is 4.52. The van der Waals surface area contributed by atoms with Crippen LogP contribution in [0, 0.1) is 6.92 Å². The van der Waals surface area contributed by atoms with Crippen LogP contribution in [0.1, 0.15) is 45.1 Å². The van der Waals surface area contributed by atoms with Gasteiger partial charge in [0.05, 0.1) is 26.2 Å². The normalized spacial score (nSPS) is 17.5. The number of rotatable bonds is 10. The van der Waals surface area contributed by atoms with Gasteiger partial charge < -0.3 is 24.2 Å². The van der Waals surface area contributed by atoms with Crippen molar-refractivity contribution in [3.8, 4) is 5.75 Å². The van der Waals surface area contributed by atoms with Crippen LogP contribution in [0.5, 0.6) is 5.75 Å². The monoisotopic (exact) mass is 555 g/mol. The fourth-order valence-corrected chi connectivity index (χ4v) is 5.88. The molecule has 0 saturated carbocycles. The van der Waals surface area contributed by atoms with E-state index >= 15 is 0 Å². The summed E-state index contributed by atoms with van der Waals surface area (Å²) in [7, 11) is 0. The quantitative estimate of drug-likeness (QED) is 0.263. The van der Waals surface area contributed by atoms with E-state index in [2.05, 4.69) is 18.8 Å². The molecule has 0 aromatic heterocycles. The largest absolute Gasteiger partial charge is 0.511 e. The van der Waals surface area contributed by atoms with Crippen molar-refractivity contribution in [2.75, 3.05) is 37.7 Å². The number of carbonyl (C=O) groups excluding carboxylic acids is 1. The van der Waals surface area contributed by atoms with E-state index < -0.39 is 12.2 Å². The molecule has 0 aliphatic carbocycles. The molecule has 2 aromatic rings. The summed E-state index contributed by atoms with van der Waals surface area (Å²) in [6, 6.07) is 14.8. The third kappa shape index (κ3) is 8.37. The van der Waals surface area contributed by atoms with Crippen LogP contribution >= 0.6 is 11.8 Å². The van der Waals surface area contributed by atoms with Gasteiger partial charge in [-0.15, -0.1) is 11.8 Å². The summed E-state index contributed by atoms with van der Waals surface area (Å²) in [5.74, 6) is 0.801. The maximum atomic E-state index is 13.1. The smallest absolute Gasteiger partial charge is 0.449 e. The fraction of sp³-hybridized carbons (Fsp3) is 0.483. The summed E-state index contributed by atoms with van der Waals surface area (Å²) in [6.45, 7) is 8.70. The lowest BCUT2D eigenvalue weighted by Crippen LogP contribution is -2.41. The molecule has 2 aliphatic rings. The Morgan fingerprint density at radius 2 is 1.97 bits per heavy atom. The summed E-state index contributed by atoms with van der Waals surface area (Å²) in [5.41, 5.74) is 2.90. The number of aryl methyl sites for hydroxylation is 1. The van der Waals surface area contributed by atoms with Crippen LogP contribution in [0.2, 0.25) is 0 Å². The van der Waals surface area contributed by atoms with Crippen LogP contribution in [0.3, 0.4) is 0 Å². The van der Waals surface area contributed by atoms with Gasteiger partial charge in [0.1, 0.15) is 17.0 Å². The minimum absolute atomic E-state index is 0.0739. The van der Waals surface area contributed by atoms with Crippen molar-refractivity contribution in [1.82, 2.24) is 4.90 Å². The Balaban J connectivity index is 1.41. The van der Waals surface area contributed by atoms with Gasteiger partial charge in [0, 0.05) is 28.8 Å². The topological polar surface area (TPSA) is 101 Å². The Morgan fingerprint density at radius 3 is 2.69 bits per heavy atom. The molecule has 10 heteroatoms. The van der Waals surface area contributed by atoms with Gasteiger partial charge in [0.15, 0.2) is 0 Å². The van der Waals surface area contributed by atoms with Gasteiger partial charge in [0.25, 0.3) is 0 Å². The maximum Gasteiger partial charge on any atom is 0.511 e. The highest BCUT2D eigenvalue weighted by atomic mass is 32.2. The molecule has 1 unspecified atom stereocenters. The van der Waals surface area contributed by atoms with E-state index in [0.29, 0.717) is 37.8 Å². The number of ether oxygens (including phenoxy) is 3. The summed E-state index contributed by atoms with van der Waals surface area (Å²) in [6.07, 6.45) is 2.30. The van der Waals surface area contributed by atoms with E-state index in [0.717, 1.165) is 37.1 Å². The average Bonchev–Trinajstić information content (AvgIpc) is 3.36. The molecule has 9 nitrogen and oxygen atoms in total. The number of hydrogen-bond acceptors (Lipinski definition) is 8. The Labute approximate surface area is 234 Å². The molecule has 1 N–H and O–H groups in total. The molecule has 1 saturated heterocycles. The van der Waals surface area contributed by atoms with Gasteiger partial charge in [-0.25, -0.2) is 9.59 Å². The Kier molecular flexibility index (Phi) is 9.74. The van der Waals surface area contributed by atoms with E-state index in [4.69, 9.17) is 19.3 Å². The van der Waals surface area contributed by atoms with Gasteiger partial charge in [-0.3, -0.25) is 9.89 Å². The first-order valence-corrected chi connectivity index (χ1v) is 14.2. The van der Waals surface area contributed by atoms with Crippen molar-refractivity contribution >= 4 is 41.2 Å². The summed E-state index contributed by atoms with van der Waals surface area (Å²) in [4.78, 5) is 32.3. The van der Waals surface area contributed by atoms with Crippen LogP contribution < -0.4 is 9.64 Å². The van der Waals surface area contributed by atoms with Crippen molar-refractivity contribution in [2.24, 2.45) is 4.99 Å². The second-order valence-electron chi connectivity index (χ2n) is 10.3. The highest BCUT2D eigenvalue weighted by molar-refractivity contribution is 8.01. The summed E-state index contributed by atoms with van der Waals surface area (Å²) >= 11 is 1.81. The molecule has 1 atom stereocenters. The van der Waals surface area contributed by atoms with Crippen LogP contribution in [0.4, 0.5) is 21.0 Å². The zero-order valence-corrected chi connectivity index (χ0v) is 23.6. The summed E-state index contributed by atoms with van der Waals surface area (Å²) in [5, 5.41) is 9.05. The lowest BCUT2D eigenvalue weighted by atomic mass is 10.1. The lowest BCUT2D eigenvalue weighted by molar-refractivity contribution is 0.0716. The number of benzene rings is 2. The molecular weight excluding hydrogens is 518 g/mol. The molecule has 2 aliphatic heterocycles. The molecule has 39 heavy (non-hydrogen) atoms. The first-order chi connectivity index (χ1) is 18.7. The van der Waals surface area contributed by atoms with Crippen molar-refractivity contribution in [3.05, 3.63) is 54.1 Å². The van der Waals surface area contributed by atoms with Gasteiger partial charge in [-0.1, -0.05) is 37.6 Å². The third-order valence-corrected chi connectivity index (χ3v) is 8.12. The van der Waals surface area contributed by atoms with Gasteiger partial charge >= 0.3 is 12.2 Å². The van der Waals surface area contributed by atoms with Gasteiger partial charge in [-0.05, 0) is 56.9 Å². The number of carboxylic acid groups (broad SMARTS) is 1. The van der Waals surface area contributed by atoms with E-state index in [1.807, 2.05) is 53.9 Å². The minimum atomic E-state index is -1.38. The van der Waals surface area contributed by atoms with Crippen LogP contribution in [0.15, 0.2) is 53.5 Å². The molecule has 1 fully saturated rings. The van der Waals surface area contributed by atoms with Crippen LogP contribution in [-0.2, 0) is 9.47 Å². The minimum Gasteiger partial charge on any atom is -0.449 e. The molecule has 210 valence electrons. The number of anilines is 2. The molecule has 2 aromatic carbocycles.